The molecule has 2 aromatic carbocycles. The van der Waals surface area contributed by atoms with Crippen LogP contribution in [0.2, 0.25) is 10.0 Å². The highest BCUT2D eigenvalue weighted by Crippen LogP contribution is 2.23. The highest BCUT2D eigenvalue weighted by Gasteiger charge is 2.17. The van der Waals surface area contributed by atoms with Crippen molar-refractivity contribution in [3.63, 3.8) is 0 Å². The van der Waals surface area contributed by atoms with Crippen molar-refractivity contribution >= 4 is 23.2 Å². The molecule has 0 bridgehead atoms. The Morgan fingerprint density at radius 1 is 1.00 bits per heavy atom. The molecule has 1 N–H and O–H groups in total. The van der Waals surface area contributed by atoms with E-state index in [9.17, 15) is 0 Å². The maximum absolute atomic E-state index is 6.01. The highest BCUT2D eigenvalue weighted by molar-refractivity contribution is 6.30. The molecule has 0 saturated carbocycles. The lowest BCUT2D eigenvalue weighted by atomic mass is 10.1. The number of nitrogens with one attached hydrogen (secondary N) is 1. The second-order valence-electron chi connectivity index (χ2n) is 5.39. The van der Waals surface area contributed by atoms with Crippen LogP contribution in [0.25, 0.3) is 0 Å². The van der Waals surface area contributed by atoms with Crippen molar-refractivity contribution in [1.82, 2.24) is 14.9 Å². The number of nitrogens with zero attached hydrogens (tertiary/aromatic N) is 2. The maximum atomic E-state index is 6.01. The van der Waals surface area contributed by atoms with Gasteiger partial charge in [0.25, 0.3) is 0 Å². The van der Waals surface area contributed by atoms with Crippen LogP contribution in [0.4, 0.5) is 0 Å². The number of imidazole rings is 1. The number of hydrogen-bond acceptors (Lipinski definition) is 2. The molecular weight excluding hydrogens is 329 g/mol. The number of aryl methyl sites for hydroxylation is 1. The van der Waals surface area contributed by atoms with Crippen molar-refractivity contribution in [2.45, 2.75) is 12.6 Å². The zero-order chi connectivity index (χ0) is 16.2. The summed E-state index contributed by atoms with van der Waals surface area (Å²) in [5, 5.41) is 5.03. The molecule has 118 valence electrons. The van der Waals surface area contributed by atoms with Crippen molar-refractivity contribution in [2.24, 2.45) is 7.05 Å². The minimum atomic E-state index is -0.0112. The van der Waals surface area contributed by atoms with Crippen molar-refractivity contribution in [3.8, 4) is 0 Å². The van der Waals surface area contributed by atoms with Crippen LogP contribution in [0, 0.1) is 0 Å². The van der Waals surface area contributed by atoms with Gasteiger partial charge < -0.3 is 4.57 Å². The van der Waals surface area contributed by atoms with Gasteiger partial charge in [0.15, 0.2) is 0 Å². The fourth-order valence-electron chi connectivity index (χ4n) is 2.49. The van der Waals surface area contributed by atoms with E-state index >= 15 is 0 Å². The zero-order valence-corrected chi connectivity index (χ0v) is 14.2. The fraction of sp³-hybridized carbons (Fsp3) is 0.167. The van der Waals surface area contributed by atoms with Crippen LogP contribution in [0.1, 0.15) is 23.0 Å². The van der Waals surface area contributed by atoms with Crippen molar-refractivity contribution in [1.29, 1.82) is 0 Å². The summed E-state index contributed by atoms with van der Waals surface area (Å²) in [7, 11) is 2.00. The smallest absolute Gasteiger partial charge is 0.130 e. The van der Waals surface area contributed by atoms with Crippen molar-refractivity contribution in [3.05, 3.63) is 87.9 Å². The fourth-order valence-corrected chi connectivity index (χ4v) is 2.74. The first kappa shape index (κ1) is 16.1. The molecular formula is C18H17Cl2N3. The average Bonchev–Trinajstić information content (AvgIpc) is 2.97. The van der Waals surface area contributed by atoms with E-state index in [1.165, 1.54) is 5.56 Å². The molecule has 1 atom stereocenters. The molecule has 0 radical (unpaired) electrons. The summed E-state index contributed by atoms with van der Waals surface area (Å²) >= 11 is 11.9. The van der Waals surface area contributed by atoms with Crippen LogP contribution >= 0.6 is 23.2 Å². The van der Waals surface area contributed by atoms with Crippen LogP contribution < -0.4 is 5.32 Å². The van der Waals surface area contributed by atoms with Gasteiger partial charge in [-0.2, -0.15) is 0 Å². The lowest BCUT2D eigenvalue weighted by molar-refractivity contribution is 0.558. The lowest BCUT2D eigenvalue weighted by Gasteiger charge is -2.19. The zero-order valence-electron chi connectivity index (χ0n) is 12.7. The molecule has 0 fully saturated rings. The molecule has 0 amide bonds. The molecule has 3 aromatic rings. The molecule has 3 nitrogen and oxygen atoms in total. The van der Waals surface area contributed by atoms with Gasteiger partial charge in [0.05, 0.1) is 6.04 Å². The summed E-state index contributed by atoms with van der Waals surface area (Å²) in [5.41, 5.74) is 2.29. The quantitative estimate of drug-likeness (QED) is 0.731. The van der Waals surface area contributed by atoms with E-state index in [0.29, 0.717) is 0 Å². The Morgan fingerprint density at radius 2 is 1.61 bits per heavy atom. The Kier molecular flexibility index (Phi) is 5.01. The van der Waals surface area contributed by atoms with Crippen LogP contribution in [0.5, 0.6) is 0 Å². The molecule has 1 heterocycles. The molecule has 0 saturated heterocycles. The van der Waals surface area contributed by atoms with Gasteiger partial charge in [0, 0.05) is 36.0 Å². The second kappa shape index (κ2) is 7.18. The topological polar surface area (TPSA) is 29.9 Å². The van der Waals surface area contributed by atoms with Gasteiger partial charge in [-0.25, -0.2) is 4.98 Å². The Hall–Kier alpha value is -1.81. The molecule has 0 unspecified atom stereocenters. The van der Waals surface area contributed by atoms with E-state index in [1.807, 2.05) is 72.5 Å². The molecule has 23 heavy (non-hydrogen) atoms. The molecule has 0 aliphatic heterocycles. The van der Waals surface area contributed by atoms with Gasteiger partial charge in [0.1, 0.15) is 5.82 Å². The first-order chi connectivity index (χ1) is 11.1. The summed E-state index contributed by atoms with van der Waals surface area (Å²) in [6.45, 7) is 0.720. The third kappa shape index (κ3) is 3.94. The Bertz CT molecular complexity index is 764. The van der Waals surface area contributed by atoms with E-state index in [2.05, 4.69) is 10.3 Å². The first-order valence-electron chi connectivity index (χ1n) is 7.34. The summed E-state index contributed by atoms with van der Waals surface area (Å²) in [6, 6.07) is 15.7. The van der Waals surface area contributed by atoms with Gasteiger partial charge >= 0.3 is 0 Å². The predicted molar refractivity (Wildman–Crippen MR) is 94.8 cm³/mol. The molecule has 5 heteroatoms. The van der Waals surface area contributed by atoms with Gasteiger partial charge in [0.2, 0.25) is 0 Å². The molecule has 0 aliphatic carbocycles. The largest absolute Gasteiger partial charge is 0.336 e. The number of rotatable bonds is 5. The van der Waals surface area contributed by atoms with Gasteiger partial charge in [-0.1, -0.05) is 47.5 Å². The monoisotopic (exact) mass is 345 g/mol. The Morgan fingerprint density at radius 3 is 2.17 bits per heavy atom. The van der Waals surface area contributed by atoms with Crippen LogP contribution in [0.15, 0.2) is 60.9 Å². The van der Waals surface area contributed by atoms with E-state index < -0.39 is 0 Å². The normalized spacial score (nSPS) is 12.3. The maximum Gasteiger partial charge on any atom is 0.130 e. The van der Waals surface area contributed by atoms with Crippen molar-refractivity contribution < 1.29 is 0 Å². The van der Waals surface area contributed by atoms with E-state index in [-0.39, 0.29) is 6.04 Å². The Balaban J connectivity index is 1.85. The third-order valence-corrected chi connectivity index (χ3v) is 4.25. The second-order valence-corrected chi connectivity index (χ2v) is 6.26. The molecule has 1 aromatic heterocycles. The van der Waals surface area contributed by atoms with Crippen molar-refractivity contribution in [2.75, 3.05) is 0 Å². The lowest BCUT2D eigenvalue weighted by Crippen LogP contribution is -2.24. The van der Waals surface area contributed by atoms with E-state index in [4.69, 9.17) is 23.2 Å². The standard InChI is InChI=1S/C18H17Cl2N3/c1-23-11-10-21-18(23)17(14-4-8-16(20)9-5-14)22-12-13-2-6-15(19)7-3-13/h2-11,17,22H,12H2,1H3/t17-/m1/s1. The van der Waals surface area contributed by atoms with E-state index in [0.717, 1.165) is 28.0 Å². The van der Waals surface area contributed by atoms with Gasteiger partial charge in [-0.05, 0) is 35.4 Å². The van der Waals surface area contributed by atoms with Gasteiger partial charge in [-0.15, -0.1) is 0 Å². The summed E-state index contributed by atoms with van der Waals surface area (Å²) < 4.78 is 2.02. The SMILES string of the molecule is Cn1ccnc1[C@H](NCc1ccc(Cl)cc1)c1ccc(Cl)cc1. The first-order valence-corrected chi connectivity index (χ1v) is 8.09. The molecule has 0 spiro atoms. The molecule has 0 aliphatic rings. The van der Waals surface area contributed by atoms with Gasteiger partial charge in [-0.3, -0.25) is 5.32 Å². The Labute approximate surface area is 145 Å². The predicted octanol–water partition coefficient (Wildman–Crippen LogP) is 4.61. The number of aromatic nitrogens is 2. The summed E-state index contributed by atoms with van der Waals surface area (Å²) in [4.78, 5) is 4.49. The number of halogens is 2. The minimum Gasteiger partial charge on any atom is -0.336 e. The summed E-state index contributed by atoms with van der Waals surface area (Å²) in [6.07, 6.45) is 3.75. The highest BCUT2D eigenvalue weighted by atomic mass is 35.5. The third-order valence-electron chi connectivity index (χ3n) is 3.74. The number of benzene rings is 2. The van der Waals surface area contributed by atoms with E-state index in [1.54, 1.807) is 0 Å². The summed E-state index contributed by atoms with van der Waals surface area (Å²) in [5.74, 6) is 0.960. The minimum absolute atomic E-state index is 0.0112. The van der Waals surface area contributed by atoms with Crippen LogP contribution in [-0.2, 0) is 13.6 Å². The van der Waals surface area contributed by atoms with Crippen LogP contribution in [0.3, 0.4) is 0 Å². The average molecular weight is 346 g/mol. The molecule has 3 rings (SSSR count). The van der Waals surface area contributed by atoms with Crippen LogP contribution in [-0.4, -0.2) is 9.55 Å². The number of hydrogen-bond donors (Lipinski definition) is 1.